The Kier molecular flexibility index (Phi) is 6.06. The zero-order valence-electron chi connectivity index (χ0n) is 16.2. The third-order valence-electron chi connectivity index (χ3n) is 5.00. The number of piperidine rings is 1. The first kappa shape index (κ1) is 19.2. The van der Waals surface area contributed by atoms with Crippen molar-refractivity contribution in [3.8, 4) is 0 Å². The number of nitrogens with zero attached hydrogens (tertiary/aromatic N) is 3. The molecule has 0 saturated carbocycles. The summed E-state index contributed by atoms with van der Waals surface area (Å²) in [6.07, 6.45) is 0.983. The molecule has 3 amide bonds. The number of hydrogen-bond acceptors (Lipinski definition) is 3. The van der Waals surface area contributed by atoms with E-state index in [9.17, 15) is 9.59 Å². The lowest BCUT2D eigenvalue weighted by atomic mass is 9.93. The minimum absolute atomic E-state index is 0.0346. The maximum Gasteiger partial charge on any atom is 0.321 e. The number of anilines is 1. The van der Waals surface area contributed by atoms with E-state index in [0.717, 1.165) is 25.1 Å². The number of carbonyl (C=O) groups is 2. The van der Waals surface area contributed by atoms with Crippen molar-refractivity contribution < 1.29 is 9.59 Å². The minimum atomic E-state index is -0.104. The van der Waals surface area contributed by atoms with Gasteiger partial charge in [0, 0.05) is 45.0 Å². The van der Waals surface area contributed by atoms with Gasteiger partial charge in [0.05, 0.1) is 0 Å². The van der Waals surface area contributed by atoms with Crippen LogP contribution in [-0.4, -0.2) is 74.0 Å². The Morgan fingerprint density at radius 2 is 1.92 bits per heavy atom. The minimum Gasteiger partial charge on any atom is -0.345 e. The van der Waals surface area contributed by atoms with Gasteiger partial charge in [0.15, 0.2) is 0 Å². The van der Waals surface area contributed by atoms with Gasteiger partial charge in [0.25, 0.3) is 5.91 Å². The number of urea groups is 1. The first-order chi connectivity index (χ1) is 11.7. The van der Waals surface area contributed by atoms with E-state index >= 15 is 0 Å². The Hall–Kier alpha value is -2.08. The van der Waals surface area contributed by atoms with E-state index in [0.29, 0.717) is 17.2 Å². The highest BCUT2D eigenvalue weighted by Crippen LogP contribution is 2.22. The van der Waals surface area contributed by atoms with Crippen LogP contribution in [0.1, 0.15) is 29.3 Å². The second kappa shape index (κ2) is 7.87. The van der Waals surface area contributed by atoms with E-state index in [1.807, 2.05) is 24.9 Å². The van der Waals surface area contributed by atoms with Crippen molar-refractivity contribution in [3.05, 3.63) is 29.3 Å². The molecule has 0 aliphatic carbocycles. The lowest BCUT2D eigenvalue weighted by Crippen LogP contribution is -2.50. The van der Waals surface area contributed by atoms with Gasteiger partial charge in [-0.15, -0.1) is 0 Å². The molecule has 2 rings (SSSR count). The fourth-order valence-corrected chi connectivity index (χ4v) is 3.50. The van der Waals surface area contributed by atoms with Gasteiger partial charge in [-0.1, -0.05) is 6.92 Å². The second-order valence-electron chi connectivity index (χ2n) is 7.37. The maximum absolute atomic E-state index is 12.6. The first-order valence-electron chi connectivity index (χ1n) is 8.75. The van der Waals surface area contributed by atoms with Crippen molar-refractivity contribution in [1.29, 1.82) is 0 Å². The molecule has 1 aliphatic rings. The second-order valence-corrected chi connectivity index (χ2v) is 7.37. The normalized spacial score (nSPS) is 20.9. The van der Waals surface area contributed by atoms with Gasteiger partial charge >= 0.3 is 6.03 Å². The zero-order valence-corrected chi connectivity index (χ0v) is 16.2. The van der Waals surface area contributed by atoms with Gasteiger partial charge in [0.1, 0.15) is 0 Å². The molecule has 1 aromatic rings. The number of benzene rings is 1. The zero-order chi connectivity index (χ0) is 18.7. The van der Waals surface area contributed by atoms with E-state index < -0.39 is 0 Å². The summed E-state index contributed by atoms with van der Waals surface area (Å²) in [6, 6.07) is 5.54. The topological polar surface area (TPSA) is 55.9 Å². The van der Waals surface area contributed by atoms with Crippen LogP contribution in [0, 0.1) is 12.8 Å². The van der Waals surface area contributed by atoms with Crippen LogP contribution in [0.5, 0.6) is 0 Å². The summed E-state index contributed by atoms with van der Waals surface area (Å²) < 4.78 is 0. The summed E-state index contributed by atoms with van der Waals surface area (Å²) >= 11 is 0. The van der Waals surface area contributed by atoms with E-state index in [2.05, 4.69) is 24.2 Å². The number of nitrogens with one attached hydrogen (secondary N) is 1. The molecule has 1 aromatic carbocycles. The molecule has 1 N–H and O–H groups in total. The van der Waals surface area contributed by atoms with Gasteiger partial charge in [-0.2, -0.15) is 0 Å². The Bertz CT molecular complexity index is 644. The molecule has 0 spiro atoms. The Balaban J connectivity index is 2.05. The summed E-state index contributed by atoms with van der Waals surface area (Å²) in [7, 11) is 7.44. The summed E-state index contributed by atoms with van der Waals surface area (Å²) in [6.45, 7) is 6.08. The average molecular weight is 346 g/mol. The quantitative estimate of drug-likeness (QED) is 0.915. The van der Waals surface area contributed by atoms with Crippen molar-refractivity contribution >= 4 is 17.6 Å². The molecule has 25 heavy (non-hydrogen) atoms. The highest BCUT2D eigenvalue weighted by molar-refractivity contribution is 5.96. The molecule has 0 aromatic heterocycles. The molecule has 6 nitrogen and oxygen atoms in total. The predicted octanol–water partition coefficient (Wildman–Crippen LogP) is 2.50. The number of likely N-dealkylation sites (tertiary alicyclic amines) is 1. The molecule has 6 heteroatoms. The monoisotopic (exact) mass is 346 g/mol. The van der Waals surface area contributed by atoms with Gasteiger partial charge in [-0.3, -0.25) is 4.79 Å². The van der Waals surface area contributed by atoms with Crippen LogP contribution >= 0.6 is 0 Å². The standard InChI is InChI=1S/C19H30N4O2/c1-13-11-15(7-8-16(13)18(24)21(3)4)20-19(25)23(6)17-9-10-22(5)12-14(17)2/h7-8,11,14,17H,9-10,12H2,1-6H3,(H,20,25)/t14-,17-/m1/s1. The van der Waals surface area contributed by atoms with Crippen LogP contribution in [0.2, 0.25) is 0 Å². The van der Waals surface area contributed by atoms with Gasteiger partial charge in [0.2, 0.25) is 0 Å². The Morgan fingerprint density at radius 1 is 1.24 bits per heavy atom. The molecule has 1 saturated heterocycles. The van der Waals surface area contributed by atoms with Crippen molar-refractivity contribution in [2.45, 2.75) is 26.3 Å². The molecule has 0 bridgehead atoms. The third kappa shape index (κ3) is 4.51. The fraction of sp³-hybridized carbons (Fsp3) is 0.579. The van der Waals surface area contributed by atoms with E-state index in [1.54, 1.807) is 31.1 Å². The average Bonchev–Trinajstić information content (AvgIpc) is 2.53. The lowest BCUT2D eigenvalue weighted by Gasteiger charge is -2.39. The smallest absolute Gasteiger partial charge is 0.321 e. The van der Waals surface area contributed by atoms with Crippen LogP contribution in [0.15, 0.2) is 18.2 Å². The van der Waals surface area contributed by atoms with Gasteiger partial charge in [-0.25, -0.2) is 4.79 Å². The summed E-state index contributed by atoms with van der Waals surface area (Å²) in [5.74, 6) is 0.406. The molecule has 0 unspecified atom stereocenters. The van der Waals surface area contributed by atoms with Crippen LogP contribution < -0.4 is 5.32 Å². The number of carbonyl (C=O) groups excluding carboxylic acids is 2. The fourth-order valence-electron chi connectivity index (χ4n) is 3.50. The highest BCUT2D eigenvalue weighted by Gasteiger charge is 2.30. The van der Waals surface area contributed by atoms with Crippen molar-refractivity contribution in [2.75, 3.05) is 46.6 Å². The summed E-state index contributed by atoms with van der Waals surface area (Å²) in [5, 5.41) is 2.96. The molecule has 1 fully saturated rings. The Labute approximate surface area is 150 Å². The summed E-state index contributed by atoms with van der Waals surface area (Å²) in [5.41, 5.74) is 2.22. The van der Waals surface area contributed by atoms with Gasteiger partial charge in [-0.05, 0) is 56.6 Å². The molecule has 0 radical (unpaired) electrons. The van der Waals surface area contributed by atoms with Crippen molar-refractivity contribution in [1.82, 2.24) is 14.7 Å². The molecule has 1 heterocycles. The first-order valence-corrected chi connectivity index (χ1v) is 8.75. The lowest BCUT2D eigenvalue weighted by molar-refractivity contribution is 0.0827. The van der Waals surface area contributed by atoms with Crippen LogP contribution in [0.4, 0.5) is 10.5 Å². The molecular formula is C19H30N4O2. The van der Waals surface area contributed by atoms with Gasteiger partial charge < -0.3 is 20.0 Å². The molecule has 1 aliphatic heterocycles. The largest absolute Gasteiger partial charge is 0.345 e. The van der Waals surface area contributed by atoms with Crippen LogP contribution in [-0.2, 0) is 0 Å². The van der Waals surface area contributed by atoms with E-state index in [-0.39, 0.29) is 18.0 Å². The third-order valence-corrected chi connectivity index (χ3v) is 5.00. The molecule has 138 valence electrons. The number of hydrogen-bond donors (Lipinski definition) is 1. The SMILES string of the molecule is Cc1cc(NC(=O)N(C)[C@@H]2CCN(C)C[C@H]2C)ccc1C(=O)N(C)C. The predicted molar refractivity (Wildman–Crippen MR) is 101 cm³/mol. The highest BCUT2D eigenvalue weighted by atomic mass is 16.2. The van der Waals surface area contributed by atoms with Crippen LogP contribution in [0.3, 0.4) is 0 Å². The van der Waals surface area contributed by atoms with Crippen molar-refractivity contribution in [3.63, 3.8) is 0 Å². The number of amides is 3. The number of rotatable bonds is 3. The molecule has 2 atom stereocenters. The van der Waals surface area contributed by atoms with E-state index in [4.69, 9.17) is 0 Å². The maximum atomic E-state index is 12.6. The van der Waals surface area contributed by atoms with Crippen molar-refractivity contribution in [2.24, 2.45) is 5.92 Å². The number of aryl methyl sites for hydroxylation is 1. The van der Waals surface area contributed by atoms with Crippen LogP contribution in [0.25, 0.3) is 0 Å². The Morgan fingerprint density at radius 3 is 2.48 bits per heavy atom. The summed E-state index contributed by atoms with van der Waals surface area (Å²) in [4.78, 5) is 30.4. The van der Waals surface area contributed by atoms with E-state index in [1.165, 1.54) is 0 Å². The molecular weight excluding hydrogens is 316 g/mol.